The van der Waals surface area contributed by atoms with E-state index in [0.717, 1.165) is 6.42 Å². The molecule has 0 aromatic heterocycles. The molecular weight excluding hydrogens is 269 g/mol. The Morgan fingerprint density at radius 1 is 1.10 bits per heavy atom. The van der Waals surface area contributed by atoms with E-state index >= 15 is 0 Å². The zero-order chi connectivity index (χ0) is 14.7. The highest BCUT2D eigenvalue weighted by molar-refractivity contribution is 5.89. The summed E-state index contributed by atoms with van der Waals surface area (Å²) in [5.41, 5.74) is 2.40. The summed E-state index contributed by atoms with van der Waals surface area (Å²) >= 11 is 0. The Morgan fingerprint density at radius 3 is 2.57 bits per heavy atom. The number of benzene rings is 2. The molecule has 1 saturated heterocycles. The van der Waals surface area contributed by atoms with E-state index < -0.39 is 6.09 Å². The second kappa shape index (κ2) is 5.95. The number of halogens is 1. The minimum absolute atomic E-state index is 0.275. The molecule has 0 N–H and O–H groups in total. The zero-order valence-corrected chi connectivity index (χ0v) is 11.6. The van der Waals surface area contributed by atoms with Crippen LogP contribution in [-0.4, -0.2) is 19.2 Å². The molecule has 1 heterocycles. The number of hydrogen-bond donors (Lipinski definition) is 0. The number of nitrogens with zero attached hydrogens (tertiary/aromatic N) is 1. The summed E-state index contributed by atoms with van der Waals surface area (Å²) in [4.78, 5) is 12.9. The van der Waals surface area contributed by atoms with E-state index in [2.05, 4.69) is 0 Å². The summed E-state index contributed by atoms with van der Waals surface area (Å²) in [7, 11) is 0. The van der Waals surface area contributed by atoms with Crippen molar-refractivity contribution >= 4 is 11.8 Å². The fourth-order valence-corrected chi connectivity index (χ4v) is 2.46. The average Bonchev–Trinajstić information content (AvgIpc) is 2.93. The maximum absolute atomic E-state index is 14.2. The summed E-state index contributed by atoms with van der Waals surface area (Å²) in [5.74, 6) is -0.275. The number of rotatable bonds is 4. The number of cyclic esters (lactones) is 1. The molecule has 3 nitrogen and oxygen atoms in total. The summed E-state index contributed by atoms with van der Waals surface area (Å²) in [5, 5.41) is 0. The van der Waals surface area contributed by atoms with Crippen molar-refractivity contribution in [2.45, 2.75) is 12.8 Å². The van der Waals surface area contributed by atoms with Crippen molar-refractivity contribution in [2.75, 3.05) is 18.1 Å². The fraction of sp³-hybridized carbons (Fsp3) is 0.235. The minimum Gasteiger partial charge on any atom is -0.447 e. The van der Waals surface area contributed by atoms with Gasteiger partial charge < -0.3 is 4.74 Å². The first-order valence-electron chi connectivity index (χ1n) is 7.01. The molecule has 2 aromatic rings. The molecule has 0 bridgehead atoms. The van der Waals surface area contributed by atoms with Gasteiger partial charge in [0, 0.05) is 0 Å². The highest BCUT2D eigenvalue weighted by atomic mass is 19.1. The van der Waals surface area contributed by atoms with Gasteiger partial charge in [0.15, 0.2) is 0 Å². The van der Waals surface area contributed by atoms with E-state index in [4.69, 9.17) is 4.74 Å². The van der Waals surface area contributed by atoms with E-state index in [1.807, 2.05) is 30.3 Å². The van der Waals surface area contributed by atoms with E-state index in [9.17, 15) is 9.18 Å². The highest BCUT2D eigenvalue weighted by Crippen LogP contribution is 2.22. The van der Waals surface area contributed by atoms with Crippen molar-refractivity contribution in [1.82, 2.24) is 0 Å². The molecule has 0 atom stereocenters. The van der Waals surface area contributed by atoms with Crippen molar-refractivity contribution in [3.05, 3.63) is 65.5 Å². The molecule has 1 aliphatic rings. The summed E-state index contributed by atoms with van der Waals surface area (Å²) in [6.07, 6.45) is 1.02. The first-order chi connectivity index (χ1) is 10.2. The molecule has 1 fully saturated rings. The number of anilines is 1. The fourth-order valence-electron chi connectivity index (χ4n) is 2.46. The molecule has 1 aliphatic heterocycles. The third-order valence-electron chi connectivity index (χ3n) is 3.63. The van der Waals surface area contributed by atoms with Crippen LogP contribution in [0, 0.1) is 5.82 Å². The molecule has 3 rings (SSSR count). The molecule has 0 aliphatic carbocycles. The summed E-state index contributed by atoms with van der Waals surface area (Å²) < 4.78 is 19.0. The van der Waals surface area contributed by atoms with Gasteiger partial charge in [-0.3, -0.25) is 4.90 Å². The van der Waals surface area contributed by atoms with Crippen molar-refractivity contribution in [2.24, 2.45) is 0 Å². The van der Waals surface area contributed by atoms with Crippen LogP contribution in [0.2, 0.25) is 0 Å². The van der Waals surface area contributed by atoms with Crippen molar-refractivity contribution in [3.8, 4) is 0 Å². The van der Waals surface area contributed by atoms with Crippen LogP contribution >= 0.6 is 0 Å². The molecule has 108 valence electrons. The quantitative estimate of drug-likeness (QED) is 0.859. The van der Waals surface area contributed by atoms with Crippen LogP contribution in [0.1, 0.15) is 11.1 Å². The van der Waals surface area contributed by atoms with Gasteiger partial charge in [-0.15, -0.1) is 0 Å². The van der Waals surface area contributed by atoms with Gasteiger partial charge in [-0.2, -0.15) is 0 Å². The number of carbonyl (C=O) groups is 1. The average molecular weight is 285 g/mol. The Hall–Kier alpha value is -2.36. The monoisotopic (exact) mass is 285 g/mol. The van der Waals surface area contributed by atoms with Gasteiger partial charge in [0.2, 0.25) is 0 Å². The molecule has 21 heavy (non-hydrogen) atoms. The van der Waals surface area contributed by atoms with E-state index in [0.29, 0.717) is 30.8 Å². The molecule has 4 heteroatoms. The van der Waals surface area contributed by atoms with Crippen LogP contribution in [0.4, 0.5) is 14.9 Å². The first kappa shape index (κ1) is 13.6. The van der Waals surface area contributed by atoms with Gasteiger partial charge in [-0.05, 0) is 36.1 Å². The normalized spacial score (nSPS) is 14.3. The largest absolute Gasteiger partial charge is 0.447 e. The zero-order valence-electron chi connectivity index (χ0n) is 11.6. The number of amides is 1. The third-order valence-corrected chi connectivity index (χ3v) is 3.63. The predicted molar refractivity (Wildman–Crippen MR) is 78.9 cm³/mol. The van der Waals surface area contributed by atoms with Crippen molar-refractivity contribution < 1.29 is 13.9 Å². The maximum atomic E-state index is 14.2. The Labute approximate surface area is 123 Å². The number of carbonyl (C=O) groups excluding carboxylic acids is 1. The molecule has 0 unspecified atom stereocenters. The second-order valence-electron chi connectivity index (χ2n) is 5.03. The van der Waals surface area contributed by atoms with Gasteiger partial charge in [-0.1, -0.05) is 36.4 Å². The van der Waals surface area contributed by atoms with Gasteiger partial charge in [-0.25, -0.2) is 9.18 Å². The van der Waals surface area contributed by atoms with Crippen LogP contribution < -0.4 is 4.90 Å². The number of ether oxygens (including phenoxy) is 1. The summed E-state index contributed by atoms with van der Waals surface area (Å²) in [6, 6.07) is 14.9. The SMILES string of the molecule is O=C1OCCN1c1ccc(CCc2ccccc2)c(F)c1. The highest BCUT2D eigenvalue weighted by Gasteiger charge is 2.24. The standard InChI is InChI=1S/C17H16FNO2/c18-16-12-15(19-10-11-21-17(19)20)9-8-14(16)7-6-13-4-2-1-3-5-13/h1-5,8-9,12H,6-7,10-11H2. The second-order valence-corrected chi connectivity index (χ2v) is 5.03. The number of hydrogen-bond acceptors (Lipinski definition) is 2. The molecular formula is C17H16FNO2. The van der Waals surface area contributed by atoms with Crippen LogP contribution in [0.15, 0.2) is 48.5 Å². The van der Waals surface area contributed by atoms with E-state index in [1.165, 1.54) is 16.5 Å². The van der Waals surface area contributed by atoms with Gasteiger partial charge in [0.1, 0.15) is 12.4 Å². The van der Waals surface area contributed by atoms with Crippen LogP contribution in [0.3, 0.4) is 0 Å². The lowest BCUT2D eigenvalue weighted by atomic mass is 10.0. The van der Waals surface area contributed by atoms with Gasteiger partial charge in [0.25, 0.3) is 0 Å². The molecule has 0 spiro atoms. The Morgan fingerprint density at radius 2 is 1.90 bits per heavy atom. The Kier molecular flexibility index (Phi) is 3.86. The maximum Gasteiger partial charge on any atom is 0.414 e. The van der Waals surface area contributed by atoms with Gasteiger partial charge in [0.05, 0.1) is 12.2 Å². The van der Waals surface area contributed by atoms with E-state index in [-0.39, 0.29) is 5.82 Å². The number of aryl methyl sites for hydroxylation is 2. The Bertz CT molecular complexity index is 642. The minimum atomic E-state index is -0.411. The lowest BCUT2D eigenvalue weighted by molar-refractivity contribution is 0.181. The van der Waals surface area contributed by atoms with Crippen molar-refractivity contribution in [3.63, 3.8) is 0 Å². The molecule has 0 radical (unpaired) electrons. The third kappa shape index (κ3) is 3.05. The molecule has 0 saturated carbocycles. The molecule has 1 amide bonds. The predicted octanol–water partition coefficient (Wildman–Crippen LogP) is 3.57. The topological polar surface area (TPSA) is 29.5 Å². The Balaban J connectivity index is 1.71. The molecule has 2 aromatic carbocycles. The lowest BCUT2D eigenvalue weighted by Gasteiger charge is -2.14. The van der Waals surface area contributed by atoms with E-state index in [1.54, 1.807) is 12.1 Å². The lowest BCUT2D eigenvalue weighted by Crippen LogP contribution is -2.23. The smallest absolute Gasteiger partial charge is 0.414 e. The first-order valence-corrected chi connectivity index (χ1v) is 7.01. The van der Waals surface area contributed by atoms with Crippen LogP contribution in [-0.2, 0) is 17.6 Å². The van der Waals surface area contributed by atoms with Crippen molar-refractivity contribution in [1.29, 1.82) is 0 Å². The van der Waals surface area contributed by atoms with Crippen LogP contribution in [0.5, 0.6) is 0 Å². The van der Waals surface area contributed by atoms with Crippen LogP contribution in [0.25, 0.3) is 0 Å². The van der Waals surface area contributed by atoms with Gasteiger partial charge >= 0.3 is 6.09 Å². The summed E-state index contributed by atoms with van der Waals surface area (Å²) in [6.45, 7) is 0.831.